The van der Waals surface area contributed by atoms with E-state index < -0.39 is 0 Å². The molecule has 4 heterocycles. The Balaban J connectivity index is 0.000000907. The molecule has 4 aromatic rings. The SMILES string of the molecule is CF.CF.O=C(NCCCO)c1cc2nc(-n3ccc(-c4ccccc4)n3)cc(N3CCOCC3)c2o1. The van der Waals surface area contributed by atoms with Gasteiger partial charge in [-0.25, -0.2) is 9.67 Å². The average molecular weight is 516 g/mol. The second-order valence-electron chi connectivity index (χ2n) is 7.77. The number of fused-ring (bicyclic) bond motifs is 1. The number of anilines is 1. The van der Waals surface area contributed by atoms with Crippen molar-refractivity contribution in [2.24, 2.45) is 0 Å². The van der Waals surface area contributed by atoms with Crippen molar-refractivity contribution >= 4 is 22.7 Å². The second kappa shape index (κ2) is 14.0. The van der Waals surface area contributed by atoms with Crippen LogP contribution in [0, 0.1) is 0 Å². The monoisotopic (exact) mass is 515 g/mol. The Bertz CT molecular complexity index is 1260. The molecule has 0 unspecified atom stereocenters. The van der Waals surface area contributed by atoms with E-state index in [4.69, 9.17) is 24.3 Å². The van der Waals surface area contributed by atoms with Crippen molar-refractivity contribution in [1.82, 2.24) is 20.1 Å². The molecule has 5 rings (SSSR count). The first-order chi connectivity index (χ1) is 18.2. The summed E-state index contributed by atoms with van der Waals surface area (Å²) in [5, 5.41) is 16.4. The van der Waals surface area contributed by atoms with E-state index >= 15 is 0 Å². The highest BCUT2D eigenvalue weighted by molar-refractivity contribution is 5.98. The van der Waals surface area contributed by atoms with Crippen LogP contribution in [0.25, 0.3) is 28.2 Å². The molecule has 1 saturated heterocycles. The molecule has 0 spiro atoms. The summed E-state index contributed by atoms with van der Waals surface area (Å²) in [6.07, 6.45) is 2.36. The molecule has 1 fully saturated rings. The van der Waals surface area contributed by atoms with E-state index in [-0.39, 0.29) is 18.3 Å². The lowest BCUT2D eigenvalue weighted by atomic mass is 10.2. The van der Waals surface area contributed by atoms with Crippen LogP contribution in [0.15, 0.2) is 59.1 Å². The van der Waals surface area contributed by atoms with Crippen LogP contribution < -0.4 is 10.2 Å². The molecule has 1 aliphatic rings. The molecule has 0 bridgehead atoms. The zero-order chi connectivity index (χ0) is 26.6. The number of ether oxygens (including phenoxy) is 1. The van der Waals surface area contributed by atoms with Gasteiger partial charge in [0.25, 0.3) is 5.91 Å². The lowest BCUT2D eigenvalue weighted by Crippen LogP contribution is -2.36. The van der Waals surface area contributed by atoms with Gasteiger partial charge in [0.05, 0.1) is 39.0 Å². The molecule has 3 aromatic heterocycles. The lowest BCUT2D eigenvalue weighted by molar-refractivity contribution is 0.0925. The zero-order valence-corrected chi connectivity index (χ0v) is 20.9. The third kappa shape index (κ3) is 6.69. The summed E-state index contributed by atoms with van der Waals surface area (Å²) >= 11 is 0. The fraction of sp³-hybridized carbons (Fsp3) is 0.346. The minimum atomic E-state index is -0.332. The molecular formula is C26H31F2N5O4. The minimum Gasteiger partial charge on any atom is -0.447 e. The van der Waals surface area contributed by atoms with E-state index in [1.807, 2.05) is 48.7 Å². The molecule has 37 heavy (non-hydrogen) atoms. The normalized spacial score (nSPS) is 12.8. The molecule has 1 amide bonds. The number of carbonyl (C=O) groups excluding carboxylic acids is 1. The van der Waals surface area contributed by atoms with Gasteiger partial charge in [-0.1, -0.05) is 30.3 Å². The predicted octanol–water partition coefficient (Wildman–Crippen LogP) is 3.80. The molecule has 9 nitrogen and oxygen atoms in total. The Morgan fingerprint density at radius 3 is 2.51 bits per heavy atom. The number of halogens is 2. The number of alkyl halides is 2. The van der Waals surface area contributed by atoms with E-state index in [9.17, 15) is 13.6 Å². The maximum Gasteiger partial charge on any atom is 0.287 e. The van der Waals surface area contributed by atoms with Crippen LogP contribution in [-0.4, -0.2) is 79.6 Å². The van der Waals surface area contributed by atoms with Crippen LogP contribution in [0.3, 0.4) is 0 Å². The molecule has 198 valence electrons. The van der Waals surface area contributed by atoms with E-state index in [0.29, 0.717) is 70.5 Å². The highest BCUT2D eigenvalue weighted by Crippen LogP contribution is 2.31. The minimum absolute atomic E-state index is 0.0152. The highest BCUT2D eigenvalue weighted by atomic mass is 19.1. The Labute approximate surface area is 213 Å². The van der Waals surface area contributed by atoms with Gasteiger partial charge in [-0.15, -0.1) is 0 Å². The number of rotatable bonds is 7. The van der Waals surface area contributed by atoms with Crippen LogP contribution in [0.2, 0.25) is 0 Å². The number of aromatic nitrogens is 3. The summed E-state index contributed by atoms with van der Waals surface area (Å²) in [6, 6.07) is 15.5. The van der Waals surface area contributed by atoms with Gasteiger partial charge in [-0.2, -0.15) is 5.10 Å². The standard InChI is InChI=1S/C24H25N5O4.2CH3F/c30-12-4-8-25-24(31)21-15-19-23(33-21)20(28-10-13-32-14-11-28)16-22(26-19)29-9-7-18(27-29)17-5-2-1-3-6-17;2*1-2/h1-3,5-7,9,15-16,30H,4,8,10-14H2,(H,25,31);2*1H3. The fourth-order valence-corrected chi connectivity index (χ4v) is 3.84. The Hall–Kier alpha value is -3.83. The number of morpholine rings is 1. The van der Waals surface area contributed by atoms with Gasteiger partial charge in [0.2, 0.25) is 0 Å². The number of amides is 1. The van der Waals surface area contributed by atoms with Crippen molar-refractivity contribution in [2.45, 2.75) is 6.42 Å². The number of aliphatic hydroxyl groups excluding tert-OH is 1. The number of nitrogens with one attached hydrogen (secondary N) is 1. The first-order valence-corrected chi connectivity index (χ1v) is 11.8. The van der Waals surface area contributed by atoms with Crippen LogP contribution in [0.4, 0.5) is 14.5 Å². The summed E-state index contributed by atoms with van der Waals surface area (Å²) < 4.78 is 32.2. The van der Waals surface area contributed by atoms with E-state index in [0.717, 1.165) is 16.9 Å². The molecular weight excluding hydrogens is 484 g/mol. The van der Waals surface area contributed by atoms with Gasteiger partial charge in [0.15, 0.2) is 17.2 Å². The number of aliphatic hydroxyl groups is 1. The first kappa shape index (κ1) is 27.8. The summed E-state index contributed by atoms with van der Waals surface area (Å²) in [6.45, 7) is 3.05. The predicted molar refractivity (Wildman–Crippen MR) is 138 cm³/mol. The van der Waals surface area contributed by atoms with Crippen LogP contribution >= 0.6 is 0 Å². The number of hydrogen-bond donors (Lipinski definition) is 2. The number of hydrogen-bond acceptors (Lipinski definition) is 7. The molecule has 1 aliphatic heterocycles. The molecule has 0 aliphatic carbocycles. The lowest BCUT2D eigenvalue weighted by Gasteiger charge is -2.28. The van der Waals surface area contributed by atoms with E-state index in [1.165, 1.54) is 0 Å². The maximum absolute atomic E-state index is 12.5. The Morgan fingerprint density at radius 1 is 1.08 bits per heavy atom. The number of nitrogens with zero attached hydrogens (tertiary/aromatic N) is 4. The topological polar surface area (TPSA) is 106 Å². The third-order valence-electron chi connectivity index (χ3n) is 5.54. The van der Waals surface area contributed by atoms with Crippen LogP contribution in [0.1, 0.15) is 17.0 Å². The van der Waals surface area contributed by atoms with Crippen molar-refractivity contribution in [2.75, 3.05) is 58.7 Å². The van der Waals surface area contributed by atoms with Crippen molar-refractivity contribution in [3.8, 4) is 17.1 Å². The first-order valence-electron chi connectivity index (χ1n) is 11.8. The maximum atomic E-state index is 12.5. The average Bonchev–Trinajstić information content (AvgIpc) is 3.64. The van der Waals surface area contributed by atoms with Gasteiger partial charge in [0, 0.05) is 50.1 Å². The second-order valence-corrected chi connectivity index (χ2v) is 7.77. The van der Waals surface area contributed by atoms with Gasteiger partial charge in [-0.3, -0.25) is 13.6 Å². The van der Waals surface area contributed by atoms with Gasteiger partial charge in [-0.05, 0) is 12.5 Å². The fourth-order valence-electron chi connectivity index (χ4n) is 3.84. The van der Waals surface area contributed by atoms with Crippen molar-refractivity contribution < 1.29 is 27.8 Å². The summed E-state index contributed by atoms with van der Waals surface area (Å²) in [7, 11) is 1.00. The van der Waals surface area contributed by atoms with Gasteiger partial charge in [0.1, 0.15) is 5.52 Å². The summed E-state index contributed by atoms with van der Waals surface area (Å²) in [4.78, 5) is 19.4. The number of benzene rings is 1. The quantitative estimate of drug-likeness (QED) is 0.361. The Kier molecular flexibility index (Phi) is 10.5. The largest absolute Gasteiger partial charge is 0.447 e. The number of furan rings is 1. The Morgan fingerprint density at radius 2 is 1.81 bits per heavy atom. The highest BCUT2D eigenvalue weighted by Gasteiger charge is 2.22. The van der Waals surface area contributed by atoms with Crippen LogP contribution in [0.5, 0.6) is 0 Å². The zero-order valence-electron chi connectivity index (χ0n) is 20.9. The van der Waals surface area contributed by atoms with Crippen molar-refractivity contribution in [3.63, 3.8) is 0 Å². The molecule has 0 radical (unpaired) electrons. The molecule has 0 atom stereocenters. The van der Waals surface area contributed by atoms with Gasteiger partial charge >= 0.3 is 0 Å². The molecule has 0 saturated carbocycles. The molecule has 11 heteroatoms. The van der Waals surface area contributed by atoms with Crippen LogP contribution in [-0.2, 0) is 4.74 Å². The summed E-state index contributed by atoms with van der Waals surface area (Å²) in [5.41, 5.74) is 3.86. The molecule has 1 aromatic carbocycles. The van der Waals surface area contributed by atoms with Gasteiger partial charge < -0.3 is 24.5 Å². The van der Waals surface area contributed by atoms with E-state index in [2.05, 4.69) is 10.2 Å². The molecule has 2 N–H and O–H groups in total. The third-order valence-corrected chi connectivity index (χ3v) is 5.54. The number of pyridine rings is 1. The summed E-state index contributed by atoms with van der Waals surface area (Å²) in [5.74, 6) is 0.494. The number of carbonyl (C=O) groups is 1. The van der Waals surface area contributed by atoms with E-state index in [1.54, 1.807) is 10.7 Å². The smallest absolute Gasteiger partial charge is 0.287 e. The van der Waals surface area contributed by atoms with Crippen molar-refractivity contribution in [1.29, 1.82) is 0 Å². The van der Waals surface area contributed by atoms with Crippen molar-refractivity contribution in [3.05, 3.63) is 60.5 Å².